The van der Waals surface area contributed by atoms with Crippen molar-refractivity contribution in [2.45, 2.75) is 82.3 Å². The minimum atomic E-state index is -0.689. The van der Waals surface area contributed by atoms with E-state index >= 15 is 0 Å². The smallest absolute Gasteiger partial charge is 0.329 e. The lowest BCUT2D eigenvalue weighted by Gasteiger charge is -2.40. The Bertz CT molecular complexity index is 1630. The fourth-order valence-electron chi connectivity index (χ4n) is 7.88. The molecule has 2 fully saturated rings. The summed E-state index contributed by atoms with van der Waals surface area (Å²) < 4.78 is 41.4. The molecule has 0 N–H and O–H groups in total. The zero-order valence-electron chi connectivity index (χ0n) is 30.3. The number of carbonyl (C=O) groups excluding carboxylic acids is 2. The molecule has 0 radical (unpaired) electrons. The molecule has 10 heteroatoms. The normalized spacial score (nSPS) is 21.6. The Morgan fingerprint density at radius 3 is 2.14 bits per heavy atom. The van der Waals surface area contributed by atoms with Gasteiger partial charge in [0.05, 0.1) is 34.4 Å². The van der Waals surface area contributed by atoms with Gasteiger partial charge in [0.2, 0.25) is 11.7 Å². The molecule has 4 aliphatic rings. The van der Waals surface area contributed by atoms with Crippen LogP contribution < -0.4 is 28.4 Å². The van der Waals surface area contributed by atoms with Crippen LogP contribution >= 0.6 is 0 Å². The predicted molar refractivity (Wildman–Crippen MR) is 192 cm³/mol. The van der Waals surface area contributed by atoms with Crippen molar-refractivity contribution < 1.29 is 42.7 Å². The Morgan fingerprint density at radius 1 is 0.706 bits per heavy atom. The molecule has 3 heterocycles. The average Bonchev–Trinajstić information content (AvgIpc) is 3.18. The minimum Gasteiger partial charge on any atom is -0.493 e. The maximum Gasteiger partial charge on any atom is 0.329 e. The fourth-order valence-corrected chi connectivity index (χ4v) is 7.88. The average molecular weight is 702 g/mol. The molecule has 0 spiro atoms. The van der Waals surface area contributed by atoms with Gasteiger partial charge in [0, 0.05) is 6.54 Å². The summed E-state index contributed by atoms with van der Waals surface area (Å²) in [7, 11) is 6.41. The lowest BCUT2D eigenvalue weighted by molar-refractivity contribution is -0.163. The maximum atomic E-state index is 14.9. The quantitative estimate of drug-likeness (QED) is 0.222. The number of carbonyl (C=O) groups is 2. The summed E-state index contributed by atoms with van der Waals surface area (Å²) in [6, 6.07) is 16.6. The largest absolute Gasteiger partial charge is 0.493 e. The van der Waals surface area contributed by atoms with E-state index in [4.69, 9.17) is 33.2 Å². The Labute approximate surface area is 301 Å². The van der Waals surface area contributed by atoms with E-state index in [0.717, 1.165) is 61.6 Å². The number of methoxy groups -OCH3 is 4. The van der Waals surface area contributed by atoms with Crippen LogP contribution in [0.2, 0.25) is 0 Å². The van der Waals surface area contributed by atoms with Crippen molar-refractivity contribution in [2.75, 3.05) is 48.2 Å². The first-order valence-electron chi connectivity index (χ1n) is 18.3. The van der Waals surface area contributed by atoms with Gasteiger partial charge in [0.25, 0.3) is 0 Å². The zero-order chi connectivity index (χ0) is 35.7. The molecule has 1 amide bonds. The summed E-state index contributed by atoms with van der Waals surface area (Å²) in [6.45, 7) is 0.985. The summed E-state index contributed by atoms with van der Waals surface area (Å²) in [5, 5.41) is 0. The molecule has 274 valence electrons. The summed E-state index contributed by atoms with van der Waals surface area (Å²) in [5.41, 5.74) is 2.65. The molecule has 3 aromatic rings. The third kappa shape index (κ3) is 8.32. The van der Waals surface area contributed by atoms with Gasteiger partial charge < -0.3 is 38.1 Å². The van der Waals surface area contributed by atoms with Gasteiger partial charge in [-0.2, -0.15) is 0 Å². The minimum absolute atomic E-state index is 0.0419. The van der Waals surface area contributed by atoms with E-state index in [0.29, 0.717) is 60.3 Å². The predicted octanol–water partition coefficient (Wildman–Crippen LogP) is 7.45. The van der Waals surface area contributed by atoms with Crippen molar-refractivity contribution in [2.24, 2.45) is 5.92 Å². The monoisotopic (exact) mass is 701 g/mol. The number of amides is 1. The molecule has 3 aromatic carbocycles. The van der Waals surface area contributed by atoms with Crippen LogP contribution in [-0.4, -0.2) is 71.0 Å². The number of esters is 1. The Balaban J connectivity index is 1.37. The van der Waals surface area contributed by atoms with Gasteiger partial charge in [-0.05, 0) is 104 Å². The van der Waals surface area contributed by atoms with Crippen LogP contribution in [0.5, 0.6) is 34.5 Å². The number of nitrogens with zero attached hydrogens (tertiary/aromatic N) is 1. The topological polar surface area (TPSA) is 102 Å². The van der Waals surface area contributed by atoms with Crippen LogP contribution in [-0.2, 0) is 20.7 Å². The van der Waals surface area contributed by atoms with Crippen molar-refractivity contribution in [1.82, 2.24) is 4.90 Å². The van der Waals surface area contributed by atoms with Crippen molar-refractivity contribution in [3.63, 3.8) is 0 Å². The molecule has 1 saturated heterocycles. The molecular weight excluding hydrogens is 650 g/mol. The first kappa shape index (κ1) is 36.2. The lowest BCUT2D eigenvalue weighted by Crippen LogP contribution is -2.51. The summed E-state index contributed by atoms with van der Waals surface area (Å²) in [5.74, 6) is 2.61. The summed E-state index contributed by atoms with van der Waals surface area (Å²) >= 11 is 0. The standard InChI is InChI=1S/C41H51NO9/c1-45-34-19-17-27(23-35(34)46-2)16-18-33-29-13-10-14-31(24-29)49-21-22-50-39-36(47-3)25-30(26-37(39)48-4)38(28-11-6-5-7-12-28)40(43)42-20-9-8-15-32(42)41(44)51-33/h10,13-14,17,19,23-26,28,32-33,38H,5-9,11-12,15-16,18,20-22H2,1-4H3/t32-,33+,38-/m0/s1. The third-order valence-electron chi connectivity index (χ3n) is 10.5. The second-order valence-electron chi connectivity index (χ2n) is 13.6. The van der Waals surface area contributed by atoms with Crippen molar-refractivity contribution in [1.29, 1.82) is 0 Å². The van der Waals surface area contributed by atoms with Crippen LogP contribution in [0.3, 0.4) is 0 Å². The number of fused-ring (bicyclic) bond motifs is 8. The lowest BCUT2D eigenvalue weighted by atomic mass is 9.75. The highest BCUT2D eigenvalue weighted by atomic mass is 16.6. The van der Waals surface area contributed by atoms with E-state index < -0.39 is 18.1 Å². The molecule has 4 bridgehead atoms. The number of piperidine rings is 1. The number of rotatable bonds is 8. The second-order valence-corrected chi connectivity index (χ2v) is 13.6. The van der Waals surface area contributed by atoms with Crippen LogP contribution in [0.15, 0.2) is 54.6 Å². The second kappa shape index (κ2) is 17.1. The number of hydrogen-bond acceptors (Lipinski definition) is 9. The van der Waals surface area contributed by atoms with Crippen molar-refractivity contribution >= 4 is 11.9 Å². The highest BCUT2D eigenvalue weighted by Gasteiger charge is 2.41. The molecule has 10 nitrogen and oxygen atoms in total. The molecule has 3 atom stereocenters. The van der Waals surface area contributed by atoms with Gasteiger partial charge in [-0.1, -0.05) is 37.5 Å². The summed E-state index contributed by atoms with van der Waals surface area (Å²) in [6.07, 6.45) is 7.94. The molecule has 0 unspecified atom stereocenters. The van der Waals surface area contributed by atoms with Crippen LogP contribution in [0.25, 0.3) is 0 Å². The number of ether oxygens (including phenoxy) is 7. The van der Waals surface area contributed by atoms with Gasteiger partial charge in [0.1, 0.15) is 31.1 Å². The van der Waals surface area contributed by atoms with Gasteiger partial charge in [0.15, 0.2) is 23.0 Å². The van der Waals surface area contributed by atoms with Gasteiger partial charge in [-0.15, -0.1) is 0 Å². The van der Waals surface area contributed by atoms with Gasteiger partial charge in [-0.3, -0.25) is 4.79 Å². The Kier molecular flexibility index (Phi) is 12.1. The van der Waals surface area contributed by atoms with Crippen LogP contribution in [0.1, 0.15) is 86.5 Å². The van der Waals surface area contributed by atoms with E-state index in [2.05, 4.69) is 0 Å². The molecule has 3 aliphatic heterocycles. The molecule has 7 rings (SSSR count). The van der Waals surface area contributed by atoms with E-state index in [1.54, 1.807) is 33.3 Å². The first-order valence-corrected chi connectivity index (χ1v) is 18.3. The highest BCUT2D eigenvalue weighted by molar-refractivity contribution is 5.89. The first-order chi connectivity index (χ1) is 24.9. The Morgan fingerprint density at radius 2 is 1.41 bits per heavy atom. The number of benzene rings is 3. The maximum absolute atomic E-state index is 14.9. The molecule has 1 saturated carbocycles. The van der Waals surface area contributed by atoms with Gasteiger partial charge >= 0.3 is 5.97 Å². The van der Waals surface area contributed by atoms with E-state index in [-0.39, 0.29) is 31.0 Å². The van der Waals surface area contributed by atoms with E-state index in [1.807, 2.05) is 54.6 Å². The SMILES string of the molecule is COc1ccc(CC[C@H]2OC(=O)[C@@H]3CCCCN3C(=O)[C@@H](C3CCCCC3)c3cc(OC)c(c(OC)c3)OCCOc3cccc2c3)cc1OC. The fraction of sp³-hybridized carbons (Fsp3) is 0.512. The number of hydrogen-bond donors (Lipinski definition) is 0. The molecule has 1 aliphatic carbocycles. The molecular formula is C41H51NO9. The van der Waals surface area contributed by atoms with Crippen molar-refractivity contribution in [3.8, 4) is 34.5 Å². The highest BCUT2D eigenvalue weighted by Crippen LogP contribution is 2.45. The zero-order valence-corrected chi connectivity index (χ0v) is 30.3. The van der Waals surface area contributed by atoms with E-state index in [1.165, 1.54) is 0 Å². The molecule has 0 aromatic heterocycles. The number of aryl methyl sites for hydroxylation is 1. The Hall–Kier alpha value is -4.60. The van der Waals surface area contributed by atoms with E-state index in [9.17, 15) is 9.59 Å². The third-order valence-corrected chi connectivity index (χ3v) is 10.5. The molecule has 51 heavy (non-hydrogen) atoms. The van der Waals surface area contributed by atoms with Crippen LogP contribution in [0.4, 0.5) is 0 Å². The van der Waals surface area contributed by atoms with Crippen LogP contribution in [0, 0.1) is 5.92 Å². The van der Waals surface area contributed by atoms with Crippen molar-refractivity contribution in [3.05, 3.63) is 71.3 Å². The van der Waals surface area contributed by atoms with Gasteiger partial charge in [-0.25, -0.2) is 4.79 Å². The summed E-state index contributed by atoms with van der Waals surface area (Å²) in [4.78, 5) is 31.1.